The van der Waals surface area contributed by atoms with Crippen molar-refractivity contribution in [3.63, 3.8) is 0 Å². The molecule has 0 spiro atoms. The lowest BCUT2D eigenvalue weighted by atomic mass is 10.3. The number of hydrogen-bond donors (Lipinski definition) is 1. The van der Waals surface area contributed by atoms with E-state index in [-0.39, 0.29) is 6.61 Å². The Balaban J connectivity index is 2.23. The molecule has 0 radical (unpaired) electrons. The molecule has 0 unspecified atom stereocenters. The van der Waals surface area contributed by atoms with E-state index in [1.807, 2.05) is 24.3 Å². The molecule has 3 nitrogen and oxygen atoms in total. The van der Waals surface area contributed by atoms with Crippen LogP contribution in [0.3, 0.4) is 0 Å². The summed E-state index contributed by atoms with van der Waals surface area (Å²) in [7, 11) is 0. The molecule has 2 rings (SSSR count). The van der Waals surface area contributed by atoms with Crippen LogP contribution in [0.5, 0.6) is 11.6 Å². The first-order valence-electron chi connectivity index (χ1n) is 4.78. The summed E-state index contributed by atoms with van der Waals surface area (Å²) in [6, 6.07) is 11.2. The fourth-order valence-corrected chi connectivity index (χ4v) is 1.61. The molecule has 0 fully saturated rings. The van der Waals surface area contributed by atoms with Gasteiger partial charge in [-0.3, -0.25) is 0 Å². The number of nitrogens with zero attached hydrogens (tertiary/aromatic N) is 1. The standard InChI is InChI=1S/C12H10INO2/c13-10-3-5-11(6-4-10)16-12-9(8-15)2-1-7-14-12/h1-7,15H,8H2. The molecule has 0 atom stereocenters. The number of benzene rings is 1. The molecular formula is C12H10INO2. The van der Waals surface area contributed by atoms with E-state index in [0.717, 1.165) is 3.57 Å². The first-order chi connectivity index (χ1) is 7.79. The molecule has 0 amide bonds. The molecule has 0 aliphatic rings. The number of aliphatic hydroxyl groups is 1. The highest BCUT2D eigenvalue weighted by Gasteiger charge is 2.04. The SMILES string of the molecule is OCc1cccnc1Oc1ccc(I)cc1. The van der Waals surface area contributed by atoms with E-state index < -0.39 is 0 Å². The maximum atomic E-state index is 9.12. The number of aliphatic hydroxyl groups excluding tert-OH is 1. The van der Waals surface area contributed by atoms with Crippen LogP contribution in [0.2, 0.25) is 0 Å². The van der Waals surface area contributed by atoms with Crippen molar-refractivity contribution in [2.24, 2.45) is 0 Å². The van der Waals surface area contributed by atoms with Gasteiger partial charge < -0.3 is 9.84 Å². The first kappa shape index (κ1) is 11.3. The first-order valence-corrected chi connectivity index (χ1v) is 5.85. The summed E-state index contributed by atoms with van der Waals surface area (Å²) in [5.74, 6) is 1.17. The quantitative estimate of drug-likeness (QED) is 0.882. The van der Waals surface area contributed by atoms with E-state index in [1.165, 1.54) is 0 Å². The molecule has 82 valence electrons. The zero-order valence-electron chi connectivity index (χ0n) is 8.43. The molecule has 1 N–H and O–H groups in total. The minimum atomic E-state index is -0.0759. The van der Waals surface area contributed by atoms with Gasteiger partial charge in [0.25, 0.3) is 0 Å². The average molecular weight is 327 g/mol. The monoisotopic (exact) mass is 327 g/mol. The molecule has 0 bridgehead atoms. The Morgan fingerprint density at radius 2 is 1.94 bits per heavy atom. The number of ether oxygens (including phenoxy) is 1. The lowest BCUT2D eigenvalue weighted by Gasteiger charge is -2.07. The van der Waals surface area contributed by atoms with Gasteiger partial charge in [-0.2, -0.15) is 0 Å². The number of aromatic nitrogens is 1. The minimum Gasteiger partial charge on any atom is -0.439 e. The van der Waals surface area contributed by atoms with Crippen LogP contribution in [0.15, 0.2) is 42.6 Å². The molecule has 1 heterocycles. The molecular weight excluding hydrogens is 317 g/mol. The second-order valence-corrected chi connectivity index (χ2v) is 4.43. The number of hydrogen-bond acceptors (Lipinski definition) is 3. The van der Waals surface area contributed by atoms with Crippen molar-refractivity contribution >= 4 is 22.6 Å². The third kappa shape index (κ3) is 2.70. The molecule has 0 saturated heterocycles. The largest absolute Gasteiger partial charge is 0.439 e. The van der Waals surface area contributed by atoms with Gasteiger partial charge in [0.1, 0.15) is 5.75 Å². The fourth-order valence-electron chi connectivity index (χ4n) is 1.25. The third-order valence-corrected chi connectivity index (χ3v) is 2.77. The van der Waals surface area contributed by atoms with Crippen LogP contribution in [-0.2, 0) is 6.61 Å². The maximum Gasteiger partial charge on any atom is 0.224 e. The van der Waals surface area contributed by atoms with E-state index in [2.05, 4.69) is 27.6 Å². The molecule has 1 aromatic carbocycles. The molecule has 1 aromatic heterocycles. The van der Waals surface area contributed by atoms with Gasteiger partial charge >= 0.3 is 0 Å². The zero-order valence-corrected chi connectivity index (χ0v) is 10.6. The Hall–Kier alpha value is -1.14. The van der Waals surface area contributed by atoms with E-state index in [1.54, 1.807) is 18.3 Å². The second kappa shape index (κ2) is 5.27. The van der Waals surface area contributed by atoms with Gasteiger partial charge in [-0.15, -0.1) is 0 Å². The molecule has 0 saturated carbocycles. The number of rotatable bonds is 3. The van der Waals surface area contributed by atoms with E-state index in [4.69, 9.17) is 9.84 Å². The van der Waals surface area contributed by atoms with Gasteiger partial charge in [0.05, 0.1) is 6.61 Å². The van der Waals surface area contributed by atoms with Crippen LogP contribution in [0, 0.1) is 3.57 Å². The summed E-state index contributed by atoms with van der Waals surface area (Å²) in [5.41, 5.74) is 0.682. The highest BCUT2D eigenvalue weighted by Crippen LogP contribution is 2.23. The zero-order chi connectivity index (χ0) is 11.4. The summed E-state index contributed by atoms with van der Waals surface area (Å²) >= 11 is 2.23. The van der Waals surface area contributed by atoms with Crippen molar-refractivity contribution in [1.82, 2.24) is 4.98 Å². The van der Waals surface area contributed by atoms with Gasteiger partial charge in [-0.05, 0) is 59.0 Å². The van der Waals surface area contributed by atoms with E-state index >= 15 is 0 Å². The highest BCUT2D eigenvalue weighted by atomic mass is 127. The van der Waals surface area contributed by atoms with Crippen molar-refractivity contribution in [3.05, 3.63) is 51.7 Å². The number of halogens is 1. The Morgan fingerprint density at radius 1 is 1.19 bits per heavy atom. The topological polar surface area (TPSA) is 42.4 Å². The van der Waals surface area contributed by atoms with Crippen LogP contribution in [0.1, 0.15) is 5.56 Å². The van der Waals surface area contributed by atoms with Crippen LogP contribution in [0.25, 0.3) is 0 Å². The summed E-state index contributed by atoms with van der Waals surface area (Å²) in [4.78, 5) is 4.08. The minimum absolute atomic E-state index is 0.0759. The summed E-state index contributed by atoms with van der Waals surface area (Å²) < 4.78 is 6.73. The van der Waals surface area contributed by atoms with Gasteiger partial charge in [0, 0.05) is 15.3 Å². The van der Waals surface area contributed by atoms with Crippen molar-refractivity contribution in [1.29, 1.82) is 0 Å². The van der Waals surface area contributed by atoms with E-state index in [9.17, 15) is 0 Å². The Kier molecular flexibility index (Phi) is 3.74. The van der Waals surface area contributed by atoms with Gasteiger partial charge in [0.2, 0.25) is 5.88 Å². The fraction of sp³-hybridized carbons (Fsp3) is 0.0833. The Labute approximate surface area is 107 Å². The second-order valence-electron chi connectivity index (χ2n) is 3.18. The third-order valence-electron chi connectivity index (χ3n) is 2.05. The number of pyridine rings is 1. The van der Waals surface area contributed by atoms with Crippen LogP contribution >= 0.6 is 22.6 Å². The predicted molar refractivity (Wildman–Crippen MR) is 69.4 cm³/mol. The Bertz CT molecular complexity index is 471. The van der Waals surface area contributed by atoms with Crippen LogP contribution in [-0.4, -0.2) is 10.1 Å². The van der Waals surface area contributed by atoms with Gasteiger partial charge in [-0.25, -0.2) is 4.98 Å². The smallest absolute Gasteiger partial charge is 0.224 e. The maximum absolute atomic E-state index is 9.12. The molecule has 2 aromatic rings. The van der Waals surface area contributed by atoms with Crippen LogP contribution in [0.4, 0.5) is 0 Å². The van der Waals surface area contributed by atoms with Gasteiger partial charge in [0.15, 0.2) is 0 Å². The summed E-state index contributed by atoms with van der Waals surface area (Å²) in [6.45, 7) is -0.0759. The van der Waals surface area contributed by atoms with Crippen molar-refractivity contribution in [3.8, 4) is 11.6 Å². The average Bonchev–Trinajstić information content (AvgIpc) is 2.33. The molecule has 4 heteroatoms. The lowest BCUT2D eigenvalue weighted by Crippen LogP contribution is -1.94. The van der Waals surface area contributed by atoms with Gasteiger partial charge in [-0.1, -0.05) is 0 Å². The molecule has 0 aliphatic carbocycles. The molecule has 16 heavy (non-hydrogen) atoms. The normalized spacial score (nSPS) is 10.1. The van der Waals surface area contributed by atoms with Crippen LogP contribution < -0.4 is 4.74 Å². The summed E-state index contributed by atoms with van der Waals surface area (Å²) in [5, 5.41) is 9.12. The van der Waals surface area contributed by atoms with Crippen molar-refractivity contribution < 1.29 is 9.84 Å². The van der Waals surface area contributed by atoms with E-state index in [0.29, 0.717) is 17.2 Å². The van der Waals surface area contributed by atoms with Crippen molar-refractivity contribution in [2.75, 3.05) is 0 Å². The molecule has 0 aliphatic heterocycles. The lowest BCUT2D eigenvalue weighted by molar-refractivity contribution is 0.275. The van der Waals surface area contributed by atoms with Crippen molar-refractivity contribution in [2.45, 2.75) is 6.61 Å². The summed E-state index contributed by atoms with van der Waals surface area (Å²) in [6.07, 6.45) is 1.64. The Morgan fingerprint density at radius 3 is 2.62 bits per heavy atom. The predicted octanol–water partition coefficient (Wildman–Crippen LogP) is 2.97. The highest BCUT2D eigenvalue weighted by molar-refractivity contribution is 14.1.